The van der Waals surface area contributed by atoms with E-state index in [9.17, 15) is 4.79 Å². The minimum atomic E-state index is -0.436. The first-order valence-corrected chi connectivity index (χ1v) is 6.95. The fourth-order valence-electron chi connectivity index (χ4n) is 2.03. The number of aliphatic imine (C=N–C) groups is 1. The summed E-state index contributed by atoms with van der Waals surface area (Å²) in [5.41, 5.74) is 8.67. The molecule has 0 aliphatic carbocycles. The molecule has 0 bridgehead atoms. The molecule has 0 saturated heterocycles. The molecule has 0 radical (unpaired) electrons. The molecular weight excluding hydrogens is 252 g/mol. The van der Waals surface area contributed by atoms with Crippen molar-refractivity contribution >= 4 is 17.7 Å². The van der Waals surface area contributed by atoms with Crippen LogP contribution < -0.4 is 11.1 Å². The Kier molecular flexibility index (Phi) is 6.03. The van der Waals surface area contributed by atoms with Crippen LogP contribution in [0.15, 0.2) is 23.2 Å². The summed E-state index contributed by atoms with van der Waals surface area (Å²) in [5.74, 6) is 0.262. The molecule has 5 nitrogen and oxygen atoms in total. The van der Waals surface area contributed by atoms with Crippen LogP contribution in [0, 0.1) is 13.8 Å². The van der Waals surface area contributed by atoms with Crippen LogP contribution in [0.2, 0.25) is 0 Å². The SMILES string of the molecule is CCCN(CC)C(N)=NC(=O)Nc1c(C)cccc1C. The Balaban J connectivity index is 2.81. The molecule has 0 aromatic heterocycles. The van der Waals surface area contributed by atoms with Crippen molar-refractivity contribution in [1.82, 2.24) is 4.90 Å². The second kappa shape index (κ2) is 7.53. The molecule has 1 aromatic rings. The van der Waals surface area contributed by atoms with Gasteiger partial charge in [-0.3, -0.25) is 0 Å². The first-order chi connectivity index (χ1) is 9.49. The third-order valence-corrected chi connectivity index (χ3v) is 3.13. The maximum absolute atomic E-state index is 11.9. The van der Waals surface area contributed by atoms with Crippen LogP contribution in [-0.2, 0) is 0 Å². The Labute approximate surface area is 120 Å². The van der Waals surface area contributed by atoms with Gasteiger partial charge in [-0.1, -0.05) is 25.1 Å². The average Bonchev–Trinajstić information content (AvgIpc) is 2.40. The Morgan fingerprint density at radius 3 is 2.40 bits per heavy atom. The predicted molar refractivity (Wildman–Crippen MR) is 84.1 cm³/mol. The van der Waals surface area contributed by atoms with Crippen molar-refractivity contribution in [3.8, 4) is 0 Å². The maximum Gasteiger partial charge on any atom is 0.348 e. The third-order valence-electron chi connectivity index (χ3n) is 3.13. The van der Waals surface area contributed by atoms with Crippen LogP contribution >= 0.6 is 0 Å². The second-order valence-electron chi connectivity index (χ2n) is 4.75. The van der Waals surface area contributed by atoms with Gasteiger partial charge in [0.05, 0.1) is 0 Å². The lowest BCUT2D eigenvalue weighted by Crippen LogP contribution is -2.38. The molecule has 0 heterocycles. The Morgan fingerprint density at radius 1 is 1.30 bits per heavy atom. The summed E-state index contributed by atoms with van der Waals surface area (Å²) in [6.07, 6.45) is 0.961. The monoisotopic (exact) mass is 276 g/mol. The fourth-order valence-corrected chi connectivity index (χ4v) is 2.03. The molecule has 3 N–H and O–H groups in total. The van der Waals surface area contributed by atoms with E-state index >= 15 is 0 Å². The van der Waals surface area contributed by atoms with Crippen molar-refractivity contribution in [2.45, 2.75) is 34.1 Å². The molecule has 0 spiro atoms. The number of nitrogens with two attached hydrogens (primary N) is 1. The highest BCUT2D eigenvalue weighted by molar-refractivity contribution is 5.99. The van der Waals surface area contributed by atoms with Crippen LogP contribution in [0.4, 0.5) is 10.5 Å². The first kappa shape index (κ1) is 16.0. The van der Waals surface area contributed by atoms with Crippen LogP contribution in [0.5, 0.6) is 0 Å². The summed E-state index contributed by atoms with van der Waals surface area (Å²) in [4.78, 5) is 17.7. The number of aryl methyl sites for hydroxylation is 2. The van der Waals surface area contributed by atoms with Crippen molar-refractivity contribution < 1.29 is 4.79 Å². The summed E-state index contributed by atoms with van der Waals surface area (Å²) in [7, 11) is 0. The highest BCUT2D eigenvalue weighted by atomic mass is 16.2. The number of carbonyl (C=O) groups excluding carboxylic acids is 1. The minimum Gasteiger partial charge on any atom is -0.369 e. The van der Waals surface area contributed by atoms with Crippen LogP contribution in [0.25, 0.3) is 0 Å². The molecule has 20 heavy (non-hydrogen) atoms. The van der Waals surface area contributed by atoms with Gasteiger partial charge in [-0.2, -0.15) is 4.99 Å². The molecule has 5 heteroatoms. The highest BCUT2D eigenvalue weighted by Gasteiger charge is 2.09. The molecule has 1 rings (SSSR count). The van der Waals surface area contributed by atoms with E-state index in [2.05, 4.69) is 17.2 Å². The number of para-hydroxylation sites is 1. The van der Waals surface area contributed by atoms with Crippen molar-refractivity contribution in [1.29, 1.82) is 0 Å². The third kappa shape index (κ3) is 4.26. The lowest BCUT2D eigenvalue weighted by atomic mass is 10.1. The molecule has 2 amide bonds. The molecule has 110 valence electrons. The van der Waals surface area contributed by atoms with Crippen molar-refractivity contribution in [2.24, 2.45) is 10.7 Å². The smallest absolute Gasteiger partial charge is 0.348 e. The van der Waals surface area contributed by atoms with Gasteiger partial charge in [0.15, 0.2) is 0 Å². The molecule has 0 saturated carbocycles. The number of nitrogens with one attached hydrogen (secondary N) is 1. The summed E-state index contributed by atoms with van der Waals surface area (Å²) < 4.78 is 0. The fraction of sp³-hybridized carbons (Fsp3) is 0.467. The summed E-state index contributed by atoms with van der Waals surface area (Å²) in [5, 5.41) is 2.80. The van der Waals surface area contributed by atoms with Crippen molar-refractivity contribution in [2.75, 3.05) is 18.4 Å². The number of amides is 2. The number of urea groups is 1. The molecule has 0 aliphatic rings. The van der Waals surface area contributed by atoms with Crippen LogP contribution in [0.1, 0.15) is 31.4 Å². The normalized spacial score (nSPS) is 11.3. The molecule has 1 aromatic carbocycles. The topological polar surface area (TPSA) is 70.7 Å². The number of carbonyl (C=O) groups is 1. The van der Waals surface area contributed by atoms with E-state index in [0.29, 0.717) is 0 Å². The molecule has 0 atom stereocenters. The van der Waals surface area contributed by atoms with Gasteiger partial charge in [-0.05, 0) is 38.3 Å². The largest absolute Gasteiger partial charge is 0.369 e. The lowest BCUT2D eigenvalue weighted by molar-refractivity contribution is 0.259. The van der Waals surface area contributed by atoms with E-state index in [0.717, 1.165) is 36.3 Å². The number of benzene rings is 1. The maximum atomic E-state index is 11.9. The molecular formula is C15H24N4O. The summed E-state index contributed by atoms with van der Waals surface area (Å²) in [6, 6.07) is 5.42. The molecule has 0 aliphatic heterocycles. The van der Waals surface area contributed by atoms with Crippen LogP contribution in [-0.4, -0.2) is 30.0 Å². The van der Waals surface area contributed by atoms with Gasteiger partial charge >= 0.3 is 6.03 Å². The first-order valence-electron chi connectivity index (χ1n) is 6.95. The van der Waals surface area contributed by atoms with E-state index in [4.69, 9.17) is 5.73 Å². The Hall–Kier alpha value is -2.04. The van der Waals surface area contributed by atoms with Gasteiger partial charge in [-0.25, -0.2) is 4.79 Å². The molecule has 0 unspecified atom stereocenters. The van der Waals surface area contributed by atoms with Gasteiger partial charge in [0.2, 0.25) is 5.96 Å². The Bertz CT molecular complexity index is 476. The quantitative estimate of drug-likeness (QED) is 0.656. The number of anilines is 1. The van der Waals surface area contributed by atoms with E-state index in [-0.39, 0.29) is 5.96 Å². The number of hydrogen-bond donors (Lipinski definition) is 2. The average molecular weight is 276 g/mol. The summed E-state index contributed by atoms with van der Waals surface area (Å²) in [6.45, 7) is 9.48. The zero-order valence-electron chi connectivity index (χ0n) is 12.7. The standard InChI is InChI=1S/C15H24N4O/c1-5-10-19(6-2)14(16)18-15(20)17-13-11(3)8-7-9-12(13)4/h7-9H,5-6,10H2,1-4H3,(H3,16,17,18,20). The number of hydrogen-bond acceptors (Lipinski definition) is 1. The molecule has 0 fully saturated rings. The summed E-state index contributed by atoms with van der Waals surface area (Å²) >= 11 is 0. The van der Waals surface area contributed by atoms with Gasteiger partial charge in [0, 0.05) is 18.8 Å². The highest BCUT2D eigenvalue weighted by Crippen LogP contribution is 2.19. The zero-order chi connectivity index (χ0) is 15.1. The minimum absolute atomic E-state index is 0.262. The predicted octanol–water partition coefficient (Wildman–Crippen LogP) is 2.88. The number of nitrogens with zero attached hydrogens (tertiary/aromatic N) is 2. The van der Waals surface area contributed by atoms with Gasteiger partial charge in [0.25, 0.3) is 0 Å². The van der Waals surface area contributed by atoms with Crippen LogP contribution in [0.3, 0.4) is 0 Å². The van der Waals surface area contributed by atoms with Gasteiger partial charge in [0.1, 0.15) is 0 Å². The van der Waals surface area contributed by atoms with Crippen molar-refractivity contribution in [3.05, 3.63) is 29.3 Å². The van der Waals surface area contributed by atoms with E-state index in [1.165, 1.54) is 0 Å². The Morgan fingerprint density at radius 2 is 1.90 bits per heavy atom. The number of guanidine groups is 1. The number of rotatable bonds is 4. The van der Waals surface area contributed by atoms with E-state index in [1.807, 2.05) is 43.9 Å². The lowest BCUT2D eigenvalue weighted by Gasteiger charge is -2.20. The zero-order valence-corrected chi connectivity index (χ0v) is 12.7. The van der Waals surface area contributed by atoms with Gasteiger partial charge in [-0.15, -0.1) is 0 Å². The van der Waals surface area contributed by atoms with Gasteiger partial charge < -0.3 is 16.0 Å². The van der Waals surface area contributed by atoms with E-state index < -0.39 is 6.03 Å². The second-order valence-corrected chi connectivity index (χ2v) is 4.75. The van der Waals surface area contributed by atoms with E-state index in [1.54, 1.807) is 0 Å². The van der Waals surface area contributed by atoms with Crippen molar-refractivity contribution in [3.63, 3.8) is 0 Å².